The van der Waals surface area contributed by atoms with Crippen molar-refractivity contribution in [1.82, 2.24) is 5.32 Å². The van der Waals surface area contributed by atoms with Gasteiger partial charge in [0.05, 0.1) is 22.2 Å². The molecule has 0 aliphatic carbocycles. The summed E-state index contributed by atoms with van der Waals surface area (Å²) in [7, 11) is 0. The van der Waals surface area contributed by atoms with Crippen LogP contribution < -0.4 is 5.32 Å². The number of benzene rings is 2. The number of alkyl halides is 3. The van der Waals surface area contributed by atoms with Gasteiger partial charge in [-0.1, -0.05) is 29.8 Å². The second-order valence-corrected chi connectivity index (χ2v) is 5.32. The first-order chi connectivity index (χ1) is 10.7. The lowest BCUT2D eigenvalue weighted by molar-refractivity contribution is -0.137. The van der Waals surface area contributed by atoms with Crippen LogP contribution >= 0.6 is 11.6 Å². The summed E-state index contributed by atoms with van der Waals surface area (Å²) < 4.78 is 51.2. The Morgan fingerprint density at radius 2 is 1.74 bits per heavy atom. The van der Waals surface area contributed by atoms with Crippen LogP contribution in [-0.4, -0.2) is 5.91 Å². The summed E-state index contributed by atoms with van der Waals surface area (Å²) in [6.07, 6.45) is -4.42. The van der Waals surface area contributed by atoms with E-state index in [1.165, 1.54) is 24.3 Å². The molecule has 0 heterocycles. The van der Waals surface area contributed by atoms with Crippen LogP contribution in [0.2, 0.25) is 5.02 Å². The minimum Gasteiger partial charge on any atom is -0.345 e. The molecule has 23 heavy (non-hydrogen) atoms. The number of hydrogen-bond donors (Lipinski definition) is 1. The van der Waals surface area contributed by atoms with Crippen molar-refractivity contribution < 1.29 is 22.4 Å². The largest absolute Gasteiger partial charge is 0.416 e. The first-order valence-corrected chi connectivity index (χ1v) is 7.00. The average molecular weight is 346 g/mol. The standard InChI is InChI=1S/C16H12ClF4NO/c1-9(10-5-7-11(8-6-10)16(19,20)21)22-15(23)14-12(17)3-2-4-13(14)18/h2-9H,1H3,(H,22,23)/t9-/m1/s1. The quantitative estimate of drug-likeness (QED) is 0.780. The maximum atomic E-state index is 13.7. The molecule has 122 valence electrons. The first kappa shape index (κ1) is 17.3. The van der Waals surface area contributed by atoms with Crippen LogP contribution in [0, 0.1) is 5.82 Å². The predicted octanol–water partition coefficient (Wildman–Crippen LogP) is 4.99. The van der Waals surface area contributed by atoms with E-state index in [0.29, 0.717) is 5.56 Å². The molecule has 0 bridgehead atoms. The molecular weight excluding hydrogens is 334 g/mol. The van der Waals surface area contributed by atoms with Crippen LogP contribution in [0.5, 0.6) is 0 Å². The van der Waals surface area contributed by atoms with E-state index in [9.17, 15) is 22.4 Å². The molecular formula is C16H12ClF4NO. The van der Waals surface area contributed by atoms with E-state index in [2.05, 4.69) is 5.32 Å². The fraction of sp³-hybridized carbons (Fsp3) is 0.188. The van der Waals surface area contributed by atoms with Gasteiger partial charge in [-0.15, -0.1) is 0 Å². The Morgan fingerprint density at radius 3 is 2.26 bits per heavy atom. The third-order valence-corrected chi connectivity index (χ3v) is 3.59. The monoisotopic (exact) mass is 345 g/mol. The second-order valence-electron chi connectivity index (χ2n) is 4.91. The summed E-state index contributed by atoms with van der Waals surface area (Å²) >= 11 is 5.80. The van der Waals surface area contributed by atoms with Gasteiger partial charge in [-0.2, -0.15) is 13.2 Å². The molecule has 0 aromatic heterocycles. The van der Waals surface area contributed by atoms with E-state index in [1.54, 1.807) is 6.92 Å². The number of hydrogen-bond acceptors (Lipinski definition) is 1. The minimum absolute atomic E-state index is 0.0397. The van der Waals surface area contributed by atoms with Gasteiger partial charge in [-0.05, 0) is 36.8 Å². The third kappa shape index (κ3) is 4.01. The molecule has 2 nitrogen and oxygen atoms in total. The van der Waals surface area contributed by atoms with Gasteiger partial charge in [0.15, 0.2) is 0 Å². The Morgan fingerprint density at radius 1 is 1.13 bits per heavy atom. The second kappa shape index (κ2) is 6.58. The van der Waals surface area contributed by atoms with Crippen LogP contribution in [0.15, 0.2) is 42.5 Å². The highest BCUT2D eigenvalue weighted by Gasteiger charge is 2.30. The van der Waals surface area contributed by atoms with Crippen molar-refractivity contribution in [2.24, 2.45) is 0 Å². The summed E-state index contributed by atoms with van der Waals surface area (Å²) in [6, 6.07) is 7.61. The minimum atomic E-state index is -4.42. The molecule has 0 aliphatic rings. The Kier molecular flexibility index (Phi) is 4.94. The smallest absolute Gasteiger partial charge is 0.345 e. The van der Waals surface area contributed by atoms with Crippen LogP contribution in [-0.2, 0) is 6.18 Å². The molecule has 0 unspecified atom stereocenters. The SMILES string of the molecule is C[C@@H](NC(=O)c1c(F)cccc1Cl)c1ccc(C(F)(F)F)cc1. The van der Waals surface area contributed by atoms with E-state index in [4.69, 9.17) is 11.6 Å². The summed E-state index contributed by atoms with van der Waals surface area (Å²) in [5.41, 5.74) is -0.622. The maximum absolute atomic E-state index is 13.7. The fourth-order valence-electron chi connectivity index (χ4n) is 2.03. The summed E-state index contributed by atoms with van der Waals surface area (Å²) in [6.45, 7) is 1.58. The van der Waals surface area contributed by atoms with Crippen LogP contribution in [0.4, 0.5) is 17.6 Å². The Labute approximate surface area is 135 Å². The Bertz CT molecular complexity index is 693. The molecule has 2 rings (SSSR count). The number of nitrogens with one attached hydrogen (secondary N) is 1. The van der Waals surface area contributed by atoms with E-state index in [-0.39, 0.29) is 10.6 Å². The van der Waals surface area contributed by atoms with Gasteiger partial charge in [0.25, 0.3) is 5.91 Å². The summed E-state index contributed by atoms with van der Waals surface area (Å²) in [5.74, 6) is -1.50. The lowest BCUT2D eigenvalue weighted by atomic mass is 10.1. The van der Waals surface area contributed by atoms with E-state index in [0.717, 1.165) is 18.2 Å². The molecule has 0 saturated heterocycles. The zero-order valence-corrected chi connectivity index (χ0v) is 12.7. The van der Waals surface area contributed by atoms with Gasteiger partial charge < -0.3 is 5.32 Å². The molecule has 2 aromatic rings. The molecule has 2 aromatic carbocycles. The lowest BCUT2D eigenvalue weighted by Crippen LogP contribution is -2.27. The number of amides is 1. The van der Waals surface area contributed by atoms with Crippen molar-refractivity contribution in [2.45, 2.75) is 19.1 Å². The zero-order valence-electron chi connectivity index (χ0n) is 11.9. The van der Waals surface area contributed by atoms with E-state index in [1.807, 2.05) is 0 Å². The molecule has 1 N–H and O–H groups in total. The highest BCUT2D eigenvalue weighted by molar-refractivity contribution is 6.33. The topological polar surface area (TPSA) is 29.1 Å². The van der Waals surface area contributed by atoms with Gasteiger partial charge in [0.1, 0.15) is 5.82 Å². The molecule has 1 atom stereocenters. The number of rotatable bonds is 3. The number of halogens is 5. The maximum Gasteiger partial charge on any atom is 0.416 e. The predicted molar refractivity (Wildman–Crippen MR) is 78.7 cm³/mol. The number of carbonyl (C=O) groups excluding carboxylic acids is 1. The summed E-state index contributed by atoms with van der Waals surface area (Å²) in [4.78, 5) is 12.1. The van der Waals surface area contributed by atoms with Crippen LogP contribution in [0.1, 0.15) is 34.5 Å². The van der Waals surface area contributed by atoms with E-state index < -0.39 is 29.5 Å². The lowest BCUT2D eigenvalue weighted by Gasteiger charge is -2.16. The van der Waals surface area contributed by atoms with Crippen LogP contribution in [0.3, 0.4) is 0 Å². The van der Waals surface area contributed by atoms with E-state index >= 15 is 0 Å². The van der Waals surface area contributed by atoms with Gasteiger partial charge in [-0.3, -0.25) is 4.79 Å². The van der Waals surface area contributed by atoms with Crippen molar-refractivity contribution in [2.75, 3.05) is 0 Å². The third-order valence-electron chi connectivity index (χ3n) is 3.28. The van der Waals surface area contributed by atoms with Crippen molar-refractivity contribution >= 4 is 17.5 Å². The summed E-state index contributed by atoms with van der Waals surface area (Å²) in [5, 5.41) is 2.47. The Balaban J connectivity index is 2.16. The van der Waals surface area contributed by atoms with Gasteiger partial charge >= 0.3 is 6.18 Å². The molecule has 0 fully saturated rings. The Hall–Kier alpha value is -2.08. The molecule has 0 saturated carbocycles. The molecule has 0 radical (unpaired) electrons. The molecule has 0 spiro atoms. The first-order valence-electron chi connectivity index (χ1n) is 6.62. The normalized spacial score (nSPS) is 12.8. The molecule has 7 heteroatoms. The van der Waals surface area contributed by atoms with Crippen molar-refractivity contribution in [3.8, 4) is 0 Å². The average Bonchev–Trinajstić information content (AvgIpc) is 2.46. The fourth-order valence-corrected chi connectivity index (χ4v) is 2.28. The highest BCUT2D eigenvalue weighted by Crippen LogP contribution is 2.30. The molecule has 1 amide bonds. The van der Waals surface area contributed by atoms with Crippen molar-refractivity contribution in [3.05, 3.63) is 70.0 Å². The number of carbonyl (C=O) groups is 1. The van der Waals surface area contributed by atoms with Crippen molar-refractivity contribution in [3.63, 3.8) is 0 Å². The molecule has 0 aliphatic heterocycles. The van der Waals surface area contributed by atoms with Gasteiger partial charge in [0, 0.05) is 0 Å². The highest BCUT2D eigenvalue weighted by atomic mass is 35.5. The van der Waals surface area contributed by atoms with Crippen LogP contribution in [0.25, 0.3) is 0 Å². The zero-order chi connectivity index (χ0) is 17.2. The van der Waals surface area contributed by atoms with Gasteiger partial charge in [0.2, 0.25) is 0 Å². The van der Waals surface area contributed by atoms with Crippen molar-refractivity contribution in [1.29, 1.82) is 0 Å². The van der Waals surface area contributed by atoms with Gasteiger partial charge in [-0.25, -0.2) is 4.39 Å².